The average Bonchev–Trinajstić information content (AvgIpc) is 2.72. The zero-order valence-corrected chi connectivity index (χ0v) is 15.2. The first-order chi connectivity index (χ1) is 12.3. The number of ether oxygens (including phenoxy) is 2. The molecule has 0 saturated carbocycles. The van der Waals surface area contributed by atoms with Gasteiger partial charge < -0.3 is 9.47 Å². The van der Waals surface area contributed by atoms with E-state index in [9.17, 15) is 0 Å². The molecule has 0 amide bonds. The fourth-order valence-corrected chi connectivity index (χ4v) is 3.92. The molecule has 0 bridgehead atoms. The van der Waals surface area contributed by atoms with E-state index >= 15 is 0 Å². The van der Waals surface area contributed by atoms with Crippen LogP contribution in [0.1, 0.15) is 50.7 Å². The summed E-state index contributed by atoms with van der Waals surface area (Å²) in [5.74, 6) is 1.99. The third-order valence-electron chi connectivity index (χ3n) is 5.44. The van der Waals surface area contributed by atoms with Crippen LogP contribution in [0.4, 0.5) is 0 Å². The summed E-state index contributed by atoms with van der Waals surface area (Å²) >= 11 is 0. The maximum Gasteiger partial charge on any atom is 0.127 e. The first kappa shape index (κ1) is 16.3. The maximum atomic E-state index is 6.25. The highest BCUT2D eigenvalue weighted by Gasteiger charge is 2.24. The molecular formula is C23H26O2. The van der Waals surface area contributed by atoms with E-state index in [0.29, 0.717) is 0 Å². The lowest BCUT2D eigenvalue weighted by Crippen LogP contribution is -2.05. The van der Waals surface area contributed by atoms with Crippen LogP contribution in [0.15, 0.2) is 42.0 Å². The van der Waals surface area contributed by atoms with Gasteiger partial charge in [0.2, 0.25) is 0 Å². The van der Waals surface area contributed by atoms with Crippen molar-refractivity contribution in [2.24, 2.45) is 0 Å². The molecular weight excluding hydrogens is 308 g/mol. The Morgan fingerprint density at radius 3 is 2.08 bits per heavy atom. The van der Waals surface area contributed by atoms with Crippen LogP contribution in [-0.4, -0.2) is 13.2 Å². The zero-order chi connectivity index (χ0) is 17.2. The summed E-state index contributed by atoms with van der Waals surface area (Å²) in [6.45, 7) is 6.05. The summed E-state index contributed by atoms with van der Waals surface area (Å²) < 4.78 is 12.5. The van der Waals surface area contributed by atoms with Crippen molar-refractivity contribution in [1.82, 2.24) is 0 Å². The van der Waals surface area contributed by atoms with Crippen molar-refractivity contribution < 1.29 is 9.47 Å². The topological polar surface area (TPSA) is 18.5 Å². The quantitative estimate of drug-likeness (QED) is 0.585. The van der Waals surface area contributed by atoms with Crippen LogP contribution in [-0.2, 0) is 6.42 Å². The Hall–Kier alpha value is -2.22. The van der Waals surface area contributed by atoms with E-state index < -0.39 is 0 Å². The van der Waals surface area contributed by atoms with Crippen molar-refractivity contribution in [3.63, 3.8) is 0 Å². The molecule has 2 heteroatoms. The van der Waals surface area contributed by atoms with Crippen molar-refractivity contribution in [3.8, 4) is 22.6 Å². The third kappa shape index (κ3) is 3.06. The molecule has 4 rings (SSSR count). The molecule has 25 heavy (non-hydrogen) atoms. The minimum Gasteiger partial charge on any atom is -0.493 e. The van der Waals surface area contributed by atoms with E-state index in [0.717, 1.165) is 44.0 Å². The van der Waals surface area contributed by atoms with Crippen LogP contribution in [0, 0.1) is 0 Å². The number of rotatable bonds is 0. The van der Waals surface area contributed by atoms with Gasteiger partial charge in [-0.1, -0.05) is 29.8 Å². The van der Waals surface area contributed by atoms with Crippen LogP contribution in [0.5, 0.6) is 11.5 Å². The van der Waals surface area contributed by atoms with E-state index in [4.69, 9.17) is 9.47 Å². The highest BCUT2D eigenvalue weighted by Crippen LogP contribution is 2.47. The lowest BCUT2D eigenvalue weighted by Gasteiger charge is -2.20. The summed E-state index contributed by atoms with van der Waals surface area (Å²) in [5, 5.41) is 0. The van der Waals surface area contributed by atoms with Gasteiger partial charge in [0.05, 0.1) is 13.2 Å². The molecule has 0 atom stereocenters. The Labute approximate surface area is 150 Å². The highest BCUT2D eigenvalue weighted by molar-refractivity contribution is 5.91. The summed E-state index contributed by atoms with van der Waals surface area (Å²) in [4.78, 5) is 0. The van der Waals surface area contributed by atoms with Crippen LogP contribution >= 0.6 is 0 Å². The Balaban J connectivity index is 1.97. The lowest BCUT2D eigenvalue weighted by atomic mass is 9.93. The smallest absolute Gasteiger partial charge is 0.127 e. The Morgan fingerprint density at radius 2 is 1.36 bits per heavy atom. The Morgan fingerprint density at radius 1 is 0.720 bits per heavy atom. The summed E-state index contributed by atoms with van der Waals surface area (Å²) in [6, 6.07) is 12.9. The van der Waals surface area contributed by atoms with Gasteiger partial charge in [-0.15, -0.1) is 0 Å². The van der Waals surface area contributed by atoms with Crippen molar-refractivity contribution in [2.45, 2.75) is 46.0 Å². The summed E-state index contributed by atoms with van der Waals surface area (Å²) in [7, 11) is 0. The molecule has 2 aliphatic rings. The van der Waals surface area contributed by atoms with E-state index in [1.807, 2.05) is 0 Å². The molecule has 0 fully saturated rings. The monoisotopic (exact) mass is 334 g/mol. The first-order valence-electron chi connectivity index (χ1n) is 9.43. The van der Waals surface area contributed by atoms with Crippen molar-refractivity contribution in [2.75, 3.05) is 13.2 Å². The maximum absolute atomic E-state index is 6.25. The SMILES string of the molecule is CC1=C(C)c2cccc3c2-c2c(cccc2OCCCCCCO3)C1. The van der Waals surface area contributed by atoms with Crippen molar-refractivity contribution >= 4 is 5.57 Å². The number of allylic oxidation sites excluding steroid dienone is 2. The van der Waals surface area contributed by atoms with Gasteiger partial charge in [0, 0.05) is 11.1 Å². The minimum absolute atomic E-state index is 0.788. The molecule has 0 spiro atoms. The van der Waals surface area contributed by atoms with E-state index in [2.05, 4.69) is 50.2 Å². The average molecular weight is 334 g/mol. The summed E-state index contributed by atoms with van der Waals surface area (Å²) in [5.41, 5.74) is 7.82. The molecule has 2 aromatic carbocycles. The second-order valence-electron chi connectivity index (χ2n) is 7.16. The molecule has 1 aliphatic heterocycles. The molecule has 2 nitrogen and oxygen atoms in total. The second-order valence-corrected chi connectivity index (χ2v) is 7.16. The van der Waals surface area contributed by atoms with Gasteiger partial charge >= 0.3 is 0 Å². The van der Waals surface area contributed by atoms with E-state index in [-0.39, 0.29) is 0 Å². The number of benzene rings is 2. The standard InChI is InChI=1S/C23H26O2/c1-16-15-18-9-7-11-20-22(18)23-19(17(16)2)10-8-12-21(23)25-14-6-4-3-5-13-24-20/h7-12H,3-6,13-15H2,1-2H3. The normalized spacial score (nSPS) is 17.4. The minimum atomic E-state index is 0.788. The largest absolute Gasteiger partial charge is 0.493 e. The molecule has 2 aromatic rings. The molecule has 0 N–H and O–H groups in total. The van der Waals surface area contributed by atoms with Gasteiger partial charge in [-0.2, -0.15) is 0 Å². The first-order valence-corrected chi connectivity index (χ1v) is 9.43. The molecule has 0 saturated heterocycles. The Kier molecular flexibility index (Phi) is 4.52. The lowest BCUT2D eigenvalue weighted by molar-refractivity contribution is 0.284. The number of hydrogen-bond acceptors (Lipinski definition) is 2. The fourth-order valence-electron chi connectivity index (χ4n) is 3.92. The van der Waals surface area contributed by atoms with Gasteiger partial charge in [-0.3, -0.25) is 0 Å². The van der Waals surface area contributed by atoms with E-state index in [1.54, 1.807) is 0 Å². The predicted octanol–water partition coefficient (Wildman–Crippen LogP) is 6.03. The van der Waals surface area contributed by atoms with Gasteiger partial charge in [-0.05, 0) is 74.8 Å². The van der Waals surface area contributed by atoms with Crippen LogP contribution in [0.2, 0.25) is 0 Å². The van der Waals surface area contributed by atoms with Crippen molar-refractivity contribution in [3.05, 3.63) is 53.1 Å². The van der Waals surface area contributed by atoms with Gasteiger partial charge in [-0.25, -0.2) is 0 Å². The highest BCUT2D eigenvalue weighted by atomic mass is 16.5. The second kappa shape index (κ2) is 6.95. The molecule has 0 aromatic heterocycles. The molecule has 0 radical (unpaired) electrons. The fraction of sp³-hybridized carbons (Fsp3) is 0.391. The van der Waals surface area contributed by atoms with Gasteiger partial charge in [0.15, 0.2) is 0 Å². The van der Waals surface area contributed by atoms with Crippen molar-refractivity contribution in [1.29, 1.82) is 0 Å². The Bertz CT molecular complexity index is 817. The van der Waals surface area contributed by atoms with E-state index in [1.165, 1.54) is 46.2 Å². The summed E-state index contributed by atoms with van der Waals surface area (Å²) in [6.07, 6.45) is 5.57. The van der Waals surface area contributed by atoms with Gasteiger partial charge in [0.1, 0.15) is 11.5 Å². The van der Waals surface area contributed by atoms with Crippen LogP contribution in [0.25, 0.3) is 16.7 Å². The van der Waals surface area contributed by atoms with Gasteiger partial charge in [0.25, 0.3) is 0 Å². The third-order valence-corrected chi connectivity index (χ3v) is 5.44. The molecule has 1 heterocycles. The molecule has 0 unspecified atom stereocenters. The molecule has 1 aliphatic carbocycles. The zero-order valence-electron chi connectivity index (χ0n) is 15.2. The van der Waals surface area contributed by atoms with Crippen LogP contribution < -0.4 is 9.47 Å². The number of hydrogen-bond donors (Lipinski definition) is 0. The van der Waals surface area contributed by atoms with Crippen LogP contribution in [0.3, 0.4) is 0 Å². The molecule has 130 valence electrons. The predicted molar refractivity (Wildman–Crippen MR) is 103 cm³/mol.